The van der Waals surface area contributed by atoms with E-state index >= 15 is 0 Å². The van der Waals surface area contributed by atoms with E-state index in [1.54, 1.807) is 19.2 Å². The van der Waals surface area contributed by atoms with Gasteiger partial charge in [-0.1, -0.05) is 30.7 Å². The molecule has 1 N–H and O–H groups in total. The normalized spacial score (nSPS) is 18.0. The van der Waals surface area contributed by atoms with Crippen LogP contribution in [0.1, 0.15) is 53.6 Å². The average molecular weight is 356 g/mol. The van der Waals surface area contributed by atoms with Gasteiger partial charge in [-0.3, -0.25) is 9.69 Å². The largest absolute Gasteiger partial charge is 0.453 e. The molecular formula is C21H28N2O3. The van der Waals surface area contributed by atoms with Crippen molar-refractivity contribution in [3.05, 3.63) is 59.0 Å². The molecule has 0 spiro atoms. The fraction of sp³-hybridized carbons (Fsp3) is 0.476. The fourth-order valence-electron chi connectivity index (χ4n) is 3.38. The highest BCUT2D eigenvalue weighted by molar-refractivity contribution is 5.91. The molecule has 2 aromatic rings. The molecule has 26 heavy (non-hydrogen) atoms. The van der Waals surface area contributed by atoms with Crippen LogP contribution in [0.15, 0.2) is 40.8 Å². The van der Waals surface area contributed by atoms with Crippen LogP contribution in [0.25, 0.3) is 0 Å². The van der Waals surface area contributed by atoms with Crippen LogP contribution in [0, 0.1) is 0 Å². The molecule has 1 aromatic heterocycles. The molecule has 5 heteroatoms. The fourth-order valence-corrected chi connectivity index (χ4v) is 3.38. The quantitative estimate of drug-likeness (QED) is 0.821. The first-order valence-electron chi connectivity index (χ1n) is 9.33. The molecule has 1 amide bonds. The molecule has 1 aliphatic heterocycles. The van der Waals surface area contributed by atoms with Gasteiger partial charge in [0.1, 0.15) is 12.4 Å². The van der Waals surface area contributed by atoms with E-state index in [2.05, 4.69) is 41.4 Å². The lowest BCUT2D eigenvalue weighted by molar-refractivity contribution is 0.0914. The molecule has 3 rings (SSSR count). The summed E-state index contributed by atoms with van der Waals surface area (Å²) in [5, 5.41) is 2.89. The van der Waals surface area contributed by atoms with Crippen molar-refractivity contribution < 1.29 is 13.9 Å². The third-order valence-electron chi connectivity index (χ3n) is 4.97. The van der Waals surface area contributed by atoms with Crippen molar-refractivity contribution in [3.8, 4) is 0 Å². The predicted octanol–water partition coefficient (Wildman–Crippen LogP) is 3.73. The van der Waals surface area contributed by atoms with Gasteiger partial charge in [-0.15, -0.1) is 0 Å². The van der Waals surface area contributed by atoms with Crippen LogP contribution in [-0.2, 0) is 24.4 Å². The maximum Gasteiger partial charge on any atom is 0.287 e. The molecule has 140 valence electrons. The van der Waals surface area contributed by atoms with Gasteiger partial charge in [0.25, 0.3) is 5.91 Å². The van der Waals surface area contributed by atoms with Gasteiger partial charge >= 0.3 is 0 Å². The monoisotopic (exact) mass is 356 g/mol. The molecule has 1 saturated heterocycles. The molecule has 1 fully saturated rings. The smallest absolute Gasteiger partial charge is 0.287 e. The van der Waals surface area contributed by atoms with Crippen LogP contribution < -0.4 is 5.32 Å². The summed E-state index contributed by atoms with van der Waals surface area (Å²) in [7, 11) is 1.60. The number of methoxy groups -OCH3 is 1. The Bertz CT molecular complexity index is 708. The minimum atomic E-state index is -0.210. The maximum absolute atomic E-state index is 12.1. The Kier molecular flexibility index (Phi) is 6.47. The molecule has 0 aliphatic carbocycles. The topological polar surface area (TPSA) is 54.7 Å². The Morgan fingerprint density at radius 2 is 1.96 bits per heavy atom. The van der Waals surface area contributed by atoms with Crippen molar-refractivity contribution in [1.29, 1.82) is 0 Å². The maximum atomic E-state index is 12.1. The number of benzene rings is 1. The Hall–Kier alpha value is -2.11. The van der Waals surface area contributed by atoms with E-state index in [1.165, 1.54) is 31.4 Å². The summed E-state index contributed by atoms with van der Waals surface area (Å²) in [6.07, 6.45) is 3.94. The summed E-state index contributed by atoms with van der Waals surface area (Å²) in [5.74, 6) is 0.750. The Labute approximate surface area is 155 Å². The number of hydrogen-bond acceptors (Lipinski definition) is 4. The Balaban J connectivity index is 1.49. The van der Waals surface area contributed by atoms with E-state index in [1.807, 2.05) is 0 Å². The third kappa shape index (κ3) is 4.96. The van der Waals surface area contributed by atoms with Gasteiger partial charge in [0, 0.05) is 26.2 Å². The highest BCUT2D eigenvalue weighted by atomic mass is 16.5. The molecule has 2 heterocycles. The van der Waals surface area contributed by atoms with Crippen molar-refractivity contribution in [3.63, 3.8) is 0 Å². The van der Waals surface area contributed by atoms with Crippen LogP contribution in [0.4, 0.5) is 0 Å². The molecule has 1 atom stereocenters. The summed E-state index contributed by atoms with van der Waals surface area (Å²) < 4.78 is 10.4. The number of likely N-dealkylation sites (tertiary alicyclic amines) is 1. The number of carbonyl (C=O) groups is 1. The number of nitrogens with one attached hydrogen (secondary N) is 1. The molecule has 1 aliphatic rings. The minimum Gasteiger partial charge on any atom is -0.453 e. The van der Waals surface area contributed by atoms with Crippen LogP contribution in [-0.4, -0.2) is 30.5 Å². The molecule has 0 radical (unpaired) electrons. The Morgan fingerprint density at radius 3 is 2.69 bits per heavy atom. The van der Waals surface area contributed by atoms with Gasteiger partial charge in [-0.05, 0) is 49.6 Å². The first kappa shape index (κ1) is 18.7. The number of rotatable bonds is 7. The van der Waals surface area contributed by atoms with E-state index in [9.17, 15) is 4.79 Å². The van der Waals surface area contributed by atoms with E-state index in [0.717, 1.165) is 12.1 Å². The first-order chi connectivity index (χ1) is 12.7. The average Bonchev–Trinajstić information content (AvgIpc) is 3.12. The SMILES string of the molecule is COCc1ccc(C(=O)NCc2ccc(CN3CCCCC3C)cc2)o1. The minimum absolute atomic E-state index is 0.210. The number of furan rings is 1. The highest BCUT2D eigenvalue weighted by Gasteiger charge is 2.18. The zero-order valence-corrected chi connectivity index (χ0v) is 15.7. The van der Waals surface area contributed by atoms with Gasteiger partial charge in [0.15, 0.2) is 5.76 Å². The van der Waals surface area contributed by atoms with Gasteiger partial charge in [-0.2, -0.15) is 0 Å². The number of piperidine rings is 1. The highest BCUT2D eigenvalue weighted by Crippen LogP contribution is 2.19. The lowest BCUT2D eigenvalue weighted by atomic mass is 10.0. The van der Waals surface area contributed by atoms with Gasteiger partial charge < -0.3 is 14.5 Å². The zero-order chi connectivity index (χ0) is 18.4. The molecular weight excluding hydrogens is 328 g/mol. The summed E-state index contributed by atoms with van der Waals surface area (Å²) in [6.45, 7) is 5.36. The van der Waals surface area contributed by atoms with Crippen molar-refractivity contribution in [2.45, 2.75) is 51.9 Å². The number of hydrogen-bond donors (Lipinski definition) is 1. The summed E-state index contributed by atoms with van der Waals surface area (Å²) in [6, 6.07) is 12.6. The van der Waals surface area contributed by atoms with E-state index in [0.29, 0.717) is 30.7 Å². The van der Waals surface area contributed by atoms with E-state index < -0.39 is 0 Å². The van der Waals surface area contributed by atoms with Gasteiger partial charge in [0.2, 0.25) is 0 Å². The summed E-state index contributed by atoms with van der Waals surface area (Å²) in [4.78, 5) is 14.7. The third-order valence-corrected chi connectivity index (χ3v) is 4.97. The van der Waals surface area contributed by atoms with Crippen molar-refractivity contribution in [2.75, 3.05) is 13.7 Å². The second-order valence-electron chi connectivity index (χ2n) is 7.01. The summed E-state index contributed by atoms with van der Waals surface area (Å²) in [5.41, 5.74) is 2.40. The molecule has 1 unspecified atom stereocenters. The first-order valence-corrected chi connectivity index (χ1v) is 9.33. The molecule has 0 saturated carbocycles. The van der Waals surface area contributed by atoms with E-state index in [4.69, 9.17) is 9.15 Å². The van der Waals surface area contributed by atoms with E-state index in [-0.39, 0.29) is 5.91 Å². The second kappa shape index (κ2) is 9.01. The standard InChI is InChI=1S/C21H28N2O3/c1-16-5-3-4-12-23(16)14-18-8-6-17(7-9-18)13-22-21(24)20-11-10-19(26-20)15-25-2/h6-11,16H,3-5,12-15H2,1-2H3,(H,22,24). The Morgan fingerprint density at radius 1 is 1.19 bits per heavy atom. The number of amides is 1. The second-order valence-corrected chi connectivity index (χ2v) is 7.01. The van der Waals surface area contributed by atoms with Crippen molar-refractivity contribution in [1.82, 2.24) is 10.2 Å². The predicted molar refractivity (Wildman–Crippen MR) is 101 cm³/mol. The van der Waals surface area contributed by atoms with Crippen LogP contribution in [0.2, 0.25) is 0 Å². The van der Waals surface area contributed by atoms with Crippen molar-refractivity contribution >= 4 is 5.91 Å². The van der Waals surface area contributed by atoms with Crippen LogP contribution in [0.5, 0.6) is 0 Å². The molecule has 0 bridgehead atoms. The number of ether oxygens (including phenoxy) is 1. The zero-order valence-electron chi connectivity index (χ0n) is 15.7. The number of nitrogens with zero attached hydrogens (tertiary/aromatic N) is 1. The lowest BCUT2D eigenvalue weighted by Crippen LogP contribution is -2.36. The number of carbonyl (C=O) groups excluding carboxylic acids is 1. The van der Waals surface area contributed by atoms with Gasteiger partial charge in [-0.25, -0.2) is 0 Å². The lowest BCUT2D eigenvalue weighted by Gasteiger charge is -2.33. The van der Waals surface area contributed by atoms with Gasteiger partial charge in [0.05, 0.1) is 0 Å². The van der Waals surface area contributed by atoms with Crippen LogP contribution >= 0.6 is 0 Å². The van der Waals surface area contributed by atoms with Crippen LogP contribution in [0.3, 0.4) is 0 Å². The van der Waals surface area contributed by atoms with Crippen molar-refractivity contribution in [2.24, 2.45) is 0 Å². The summed E-state index contributed by atoms with van der Waals surface area (Å²) >= 11 is 0. The molecule has 1 aromatic carbocycles. The molecule has 5 nitrogen and oxygen atoms in total.